The highest BCUT2D eigenvalue weighted by molar-refractivity contribution is 9.10. The highest BCUT2D eigenvalue weighted by atomic mass is 79.9. The van der Waals surface area contributed by atoms with E-state index in [0.717, 1.165) is 23.1 Å². The summed E-state index contributed by atoms with van der Waals surface area (Å²) >= 11 is 3.39. The number of nitrogens with one attached hydrogen (secondary N) is 1. The first kappa shape index (κ1) is 14.0. The van der Waals surface area contributed by atoms with Crippen molar-refractivity contribution in [3.8, 4) is 6.07 Å². The average molecular weight is 296 g/mol. The van der Waals surface area contributed by atoms with E-state index in [9.17, 15) is 0 Å². The van der Waals surface area contributed by atoms with Crippen molar-refractivity contribution < 1.29 is 0 Å². The van der Waals surface area contributed by atoms with E-state index in [0.29, 0.717) is 11.6 Å². The zero-order valence-electron chi connectivity index (χ0n) is 10.5. The lowest BCUT2D eigenvalue weighted by molar-refractivity contribution is 0.390. The van der Waals surface area contributed by atoms with E-state index in [1.165, 1.54) is 0 Å². The maximum atomic E-state index is 9.10. The molecule has 0 radical (unpaired) electrons. The number of hydrogen-bond donors (Lipinski definition) is 1. The number of nitriles is 1. The van der Waals surface area contributed by atoms with Crippen LogP contribution in [0.1, 0.15) is 18.9 Å². The molecule has 3 nitrogen and oxygen atoms in total. The predicted molar refractivity (Wildman–Crippen MR) is 75.1 cm³/mol. The Labute approximate surface area is 112 Å². The summed E-state index contributed by atoms with van der Waals surface area (Å²) in [6.45, 7) is 3.16. The Hall–Kier alpha value is -1.05. The van der Waals surface area contributed by atoms with Gasteiger partial charge in [-0.1, -0.05) is 6.07 Å². The molecule has 0 heterocycles. The van der Waals surface area contributed by atoms with Crippen LogP contribution < -0.4 is 5.32 Å². The van der Waals surface area contributed by atoms with Crippen LogP contribution in [0.15, 0.2) is 22.7 Å². The van der Waals surface area contributed by atoms with Crippen molar-refractivity contribution in [2.75, 3.05) is 26.0 Å². The standard InChI is InChI=1S/C13H18BrN3/c1-10(7-8-17(2)3)16-13-6-4-5-12(14)11(13)9-15/h4-6,10,16H,7-8H2,1-3H3. The number of hydrogen-bond acceptors (Lipinski definition) is 3. The fraction of sp³-hybridized carbons (Fsp3) is 0.462. The zero-order valence-corrected chi connectivity index (χ0v) is 12.1. The van der Waals surface area contributed by atoms with E-state index in [1.54, 1.807) is 0 Å². The summed E-state index contributed by atoms with van der Waals surface area (Å²) in [7, 11) is 4.12. The topological polar surface area (TPSA) is 39.1 Å². The van der Waals surface area contributed by atoms with Gasteiger partial charge in [-0.15, -0.1) is 0 Å². The Morgan fingerprint density at radius 1 is 1.47 bits per heavy atom. The van der Waals surface area contributed by atoms with Gasteiger partial charge >= 0.3 is 0 Å². The van der Waals surface area contributed by atoms with Crippen molar-refractivity contribution >= 4 is 21.6 Å². The molecule has 4 heteroatoms. The number of benzene rings is 1. The van der Waals surface area contributed by atoms with Crippen LogP contribution in [0, 0.1) is 11.3 Å². The molecule has 0 saturated carbocycles. The summed E-state index contributed by atoms with van der Waals surface area (Å²) in [5.41, 5.74) is 1.57. The number of nitrogens with zero attached hydrogens (tertiary/aromatic N) is 2. The second-order valence-corrected chi connectivity index (χ2v) is 5.27. The summed E-state index contributed by atoms with van der Waals surface area (Å²) in [5.74, 6) is 0. The summed E-state index contributed by atoms with van der Waals surface area (Å²) in [4.78, 5) is 2.16. The van der Waals surface area contributed by atoms with Gasteiger partial charge in [-0.05, 0) is 62.0 Å². The molecule has 0 spiro atoms. The Morgan fingerprint density at radius 2 is 2.18 bits per heavy atom. The monoisotopic (exact) mass is 295 g/mol. The van der Waals surface area contributed by atoms with Crippen LogP contribution >= 0.6 is 15.9 Å². The van der Waals surface area contributed by atoms with Gasteiger partial charge in [0.25, 0.3) is 0 Å². The lowest BCUT2D eigenvalue weighted by atomic mass is 10.1. The summed E-state index contributed by atoms with van der Waals surface area (Å²) in [6, 6.07) is 8.32. The van der Waals surface area contributed by atoms with E-state index in [2.05, 4.69) is 53.2 Å². The molecule has 1 N–H and O–H groups in total. The minimum absolute atomic E-state index is 0.346. The summed E-state index contributed by atoms with van der Waals surface area (Å²) < 4.78 is 0.838. The van der Waals surface area contributed by atoms with Gasteiger partial charge in [0.15, 0.2) is 0 Å². The van der Waals surface area contributed by atoms with Crippen molar-refractivity contribution in [1.29, 1.82) is 5.26 Å². The van der Waals surface area contributed by atoms with Gasteiger partial charge in [-0.2, -0.15) is 5.26 Å². The molecule has 92 valence electrons. The molecule has 1 unspecified atom stereocenters. The predicted octanol–water partition coefficient (Wildman–Crippen LogP) is 3.07. The molecule has 0 aliphatic rings. The van der Waals surface area contributed by atoms with E-state index < -0.39 is 0 Å². The van der Waals surface area contributed by atoms with Gasteiger partial charge in [0.2, 0.25) is 0 Å². The molecule has 17 heavy (non-hydrogen) atoms. The first-order chi connectivity index (χ1) is 8.04. The van der Waals surface area contributed by atoms with E-state index in [-0.39, 0.29) is 0 Å². The quantitative estimate of drug-likeness (QED) is 0.907. The number of halogens is 1. The molecule has 1 aromatic carbocycles. The van der Waals surface area contributed by atoms with Crippen LogP contribution in [0.25, 0.3) is 0 Å². The van der Waals surface area contributed by atoms with Gasteiger partial charge < -0.3 is 10.2 Å². The molecule has 0 bridgehead atoms. The fourth-order valence-corrected chi connectivity index (χ4v) is 2.00. The fourth-order valence-electron chi connectivity index (χ4n) is 1.55. The first-order valence-electron chi connectivity index (χ1n) is 5.64. The Balaban J connectivity index is 2.69. The Kier molecular flexibility index (Phi) is 5.46. The molecule has 1 rings (SSSR count). The van der Waals surface area contributed by atoms with Gasteiger partial charge in [0, 0.05) is 10.5 Å². The van der Waals surface area contributed by atoms with Gasteiger partial charge in [0.1, 0.15) is 6.07 Å². The van der Waals surface area contributed by atoms with Crippen LogP contribution in [-0.4, -0.2) is 31.6 Å². The molecular formula is C13H18BrN3. The molecular weight excluding hydrogens is 278 g/mol. The zero-order chi connectivity index (χ0) is 12.8. The molecule has 0 amide bonds. The van der Waals surface area contributed by atoms with E-state index in [4.69, 9.17) is 5.26 Å². The van der Waals surface area contributed by atoms with E-state index in [1.807, 2.05) is 18.2 Å². The minimum Gasteiger partial charge on any atom is -0.381 e. The van der Waals surface area contributed by atoms with Crippen molar-refractivity contribution in [2.24, 2.45) is 0 Å². The lowest BCUT2D eigenvalue weighted by Crippen LogP contribution is -2.23. The third-order valence-electron chi connectivity index (χ3n) is 2.54. The Morgan fingerprint density at radius 3 is 2.76 bits per heavy atom. The van der Waals surface area contributed by atoms with Crippen molar-refractivity contribution in [1.82, 2.24) is 4.90 Å². The SMILES string of the molecule is CC(CCN(C)C)Nc1cccc(Br)c1C#N. The van der Waals surface area contributed by atoms with Crippen molar-refractivity contribution in [3.05, 3.63) is 28.2 Å². The van der Waals surface area contributed by atoms with Gasteiger partial charge in [-0.3, -0.25) is 0 Å². The van der Waals surface area contributed by atoms with Crippen LogP contribution in [0.5, 0.6) is 0 Å². The molecule has 1 atom stereocenters. The maximum Gasteiger partial charge on any atom is 0.103 e. The maximum absolute atomic E-state index is 9.10. The Bertz CT molecular complexity index is 410. The lowest BCUT2D eigenvalue weighted by Gasteiger charge is -2.18. The summed E-state index contributed by atoms with van der Waals surface area (Å²) in [6.07, 6.45) is 1.05. The first-order valence-corrected chi connectivity index (χ1v) is 6.43. The second kappa shape index (κ2) is 6.63. The second-order valence-electron chi connectivity index (χ2n) is 4.41. The third kappa shape index (κ3) is 4.37. The largest absolute Gasteiger partial charge is 0.381 e. The van der Waals surface area contributed by atoms with Crippen LogP contribution in [-0.2, 0) is 0 Å². The normalized spacial score (nSPS) is 12.2. The van der Waals surface area contributed by atoms with Gasteiger partial charge in [0.05, 0.1) is 11.3 Å². The van der Waals surface area contributed by atoms with Crippen molar-refractivity contribution in [2.45, 2.75) is 19.4 Å². The number of rotatable bonds is 5. The molecule has 0 aromatic heterocycles. The minimum atomic E-state index is 0.346. The summed E-state index contributed by atoms with van der Waals surface area (Å²) in [5, 5.41) is 12.5. The molecule has 0 fully saturated rings. The van der Waals surface area contributed by atoms with Crippen LogP contribution in [0.4, 0.5) is 5.69 Å². The number of anilines is 1. The van der Waals surface area contributed by atoms with Crippen molar-refractivity contribution in [3.63, 3.8) is 0 Å². The van der Waals surface area contributed by atoms with Gasteiger partial charge in [-0.25, -0.2) is 0 Å². The highest BCUT2D eigenvalue weighted by Gasteiger charge is 2.08. The average Bonchev–Trinajstić information content (AvgIpc) is 2.27. The third-order valence-corrected chi connectivity index (χ3v) is 3.20. The smallest absolute Gasteiger partial charge is 0.103 e. The molecule has 1 aromatic rings. The molecule has 0 aliphatic carbocycles. The highest BCUT2D eigenvalue weighted by Crippen LogP contribution is 2.24. The van der Waals surface area contributed by atoms with Crippen LogP contribution in [0.3, 0.4) is 0 Å². The van der Waals surface area contributed by atoms with Crippen LogP contribution in [0.2, 0.25) is 0 Å². The molecule has 0 aliphatic heterocycles. The van der Waals surface area contributed by atoms with E-state index >= 15 is 0 Å². The molecule has 0 saturated heterocycles.